The summed E-state index contributed by atoms with van der Waals surface area (Å²) >= 11 is 9.12. The number of nitrogens with zero attached hydrogens (tertiary/aromatic N) is 2. The van der Waals surface area contributed by atoms with E-state index in [1.165, 1.54) is 40.3 Å². The largest absolute Gasteiger partial charge is 0.313 e. The second kappa shape index (κ2) is 12.4. The van der Waals surface area contributed by atoms with Crippen molar-refractivity contribution in [3.8, 4) is 10.6 Å². The third-order valence-corrected chi connectivity index (χ3v) is 11.5. The Balaban J connectivity index is 1.22. The number of fused-ring (bicyclic) bond motifs is 2. The van der Waals surface area contributed by atoms with E-state index in [9.17, 15) is 13.2 Å². The standard InChI is InChI=1S/C34H27ClN4O3S3/c35-23-14-16-24(17-15-23)45(41,42)38-27-11-5-4-10-25(27)32(40)37-34-31(33-36-28-12-6-7-13-29(28)43-33)26-18-19-39(21-30(26)44-34)20-22-8-2-1-3-9-22/h1-17,38H,18-21H2,(H,37,40). The predicted octanol–water partition coefficient (Wildman–Crippen LogP) is 8.29. The summed E-state index contributed by atoms with van der Waals surface area (Å²) in [6.45, 7) is 2.50. The molecule has 1 aliphatic heterocycles. The van der Waals surface area contributed by atoms with Gasteiger partial charge in [0.15, 0.2) is 0 Å². The SMILES string of the molecule is O=C(Nc1sc2c(c1-c1nc3ccccc3s1)CCN(Cc1ccccc1)C2)c1ccccc1NS(=O)(=O)c1ccc(Cl)cc1. The minimum Gasteiger partial charge on any atom is -0.313 e. The minimum absolute atomic E-state index is 0.0474. The van der Waals surface area contributed by atoms with Crippen molar-refractivity contribution >= 4 is 71.1 Å². The topological polar surface area (TPSA) is 91.4 Å². The van der Waals surface area contributed by atoms with E-state index in [0.717, 1.165) is 46.8 Å². The summed E-state index contributed by atoms with van der Waals surface area (Å²) in [4.78, 5) is 22.5. The summed E-state index contributed by atoms with van der Waals surface area (Å²) in [5.41, 5.74) is 4.72. The maximum atomic E-state index is 13.9. The smallest absolute Gasteiger partial charge is 0.261 e. The second-order valence-electron chi connectivity index (χ2n) is 10.7. The molecule has 1 aliphatic rings. The zero-order valence-electron chi connectivity index (χ0n) is 23.9. The van der Waals surface area contributed by atoms with Crippen LogP contribution in [0.2, 0.25) is 5.02 Å². The summed E-state index contributed by atoms with van der Waals surface area (Å²) < 4.78 is 30.0. The highest BCUT2D eigenvalue weighted by Gasteiger charge is 2.29. The highest BCUT2D eigenvalue weighted by molar-refractivity contribution is 7.92. The van der Waals surface area contributed by atoms with Gasteiger partial charge < -0.3 is 5.32 Å². The lowest BCUT2D eigenvalue weighted by Crippen LogP contribution is -2.29. The van der Waals surface area contributed by atoms with Crippen molar-refractivity contribution in [3.63, 3.8) is 0 Å². The highest BCUT2D eigenvalue weighted by atomic mass is 35.5. The van der Waals surface area contributed by atoms with E-state index in [1.807, 2.05) is 24.3 Å². The number of carbonyl (C=O) groups is 1. The number of carbonyl (C=O) groups excluding carboxylic acids is 1. The molecular weight excluding hydrogens is 644 g/mol. The van der Waals surface area contributed by atoms with E-state index in [-0.39, 0.29) is 16.1 Å². The van der Waals surface area contributed by atoms with Gasteiger partial charge in [0.05, 0.1) is 26.4 Å². The van der Waals surface area contributed by atoms with E-state index < -0.39 is 15.9 Å². The molecule has 226 valence electrons. The number of anilines is 2. The van der Waals surface area contributed by atoms with Gasteiger partial charge in [-0.05, 0) is 66.1 Å². The first kappa shape index (κ1) is 29.6. The maximum absolute atomic E-state index is 13.9. The quantitative estimate of drug-likeness (QED) is 0.170. The maximum Gasteiger partial charge on any atom is 0.261 e. The van der Waals surface area contributed by atoms with Crippen LogP contribution in [-0.4, -0.2) is 30.8 Å². The van der Waals surface area contributed by atoms with Gasteiger partial charge in [0.2, 0.25) is 0 Å². The number of benzene rings is 4. The zero-order valence-corrected chi connectivity index (χ0v) is 27.1. The Bertz CT molecular complexity index is 2090. The number of hydrogen-bond acceptors (Lipinski definition) is 7. The van der Waals surface area contributed by atoms with Gasteiger partial charge in [0.25, 0.3) is 15.9 Å². The van der Waals surface area contributed by atoms with Gasteiger partial charge in [-0.25, -0.2) is 13.4 Å². The van der Waals surface area contributed by atoms with Crippen molar-refractivity contribution in [3.05, 3.63) is 130 Å². The van der Waals surface area contributed by atoms with Crippen molar-refractivity contribution in [2.75, 3.05) is 16.6 Å². The Labute approximate surface area is 274 Å². The van der Waals surface area contributed by atoms with Crippen molar-refractivity contribution in [1.82, 2.24) is 9.88 Å². The van der Waals surface area contributed by atoms with Gasteiger partial charge in [-0.2, -0.15) is 0 Å². The molecule has 0 bridgehead atoms. The Morgan fingerprint density at radius 3 is 2.42 bits per heavy atom. The third kappa shape index (κ3) is 6.25. The predicted molar refractivity (Wildman–Crippen MR) is 184 cm³/mol. The van der Waals surface area contributed by atoms with E-state index >= 15 is 0 Å². The molecule has 2 N–H and O–H groups in total. The van der Waals surface area contributed by atoms with Crippen LogP contribution in [0, 0.1) is 0 Å². The van der Waals surface area contributed by atoms with Crippen LogP contribution in [0.15, 0.2) is 108 Å². The molecule has 0 saturated carbocycles. The molecule has 0 radical (unpaired) electrons. The van der Waals surface area contributed by atoms with Crippen molar-refractivity contribution in [2.45, 2.75) is 24.4 Å². The van der Waals surface area contributed by atoms with Gasteiger partial charge in [0, 0.05) is 35.1 Å². The molecule has 7 nitrogen and oxygen atoms in total. The number of thiazole rings is 1. The Morgan fingerprint density at radius 2 is 1.62 bits per heavy atom. The molecule has 6 aromatic rings. The Morgan fingerprint density at radius 1 is 0.889 bits per heavy atom. The Kier molecular flexibility index (Phi) is 8.15. The molecule has 1 amide bonds. The molecule has 3 heterocycles. The first-order valence-electron chi connectivity index (χ1n) is 14.3. The number of rotatable bonds is 8. The molecule has 0 unspecified atom stereocenters. The van der Waals surface area contributed by atoms with E-state index in [0.29, 0.717) is 10.0 Å². The van der Waals surface area contributed by atoms with Gasteiger partial charge in [-0.3, -0.25) is 14.4 Å². The monoisotopic (exact) mass is 670 g/mol. The first-order chi connectivity index (χ1) is 21.8. The molecule has 11 heteroatoms. The fourth-order valence-corrected chi connectivity index (χ4v) is 9.09. The van der Waals surface area contributed by atoms with Crippen LogP contribution in [0.25, 0.3) is 20.8 Å². The molecule has 0 aliphatic carbocycles. The fourth-order valence-electron chi connectivity index (χ4n) is 5.48. The molecule has 7 rings (SSSR count). The van der Waals surface area contributed by atoms with Crippen LogP contribution < -0.4 is 10.0 Å². The number of thiophene rings is 1. The average molecular weight is 671 g/mol. The van der Waals surface area contributed by atoms with Crippen LogP contribution >= 0.6 is 34.3 Å². The minimum atomic E-state index is -3.96. The highest BCUT2D eigenvalue weighted by Crippen LogP contribution is 2.46. The molecule has 0 atom stereocenters. The molecule has 0 saturated heterocycles. The van der Waals surface area contributed by atoms with Crippen LogP contribution in [0.3, 0.4) is 0 Å². The molecule has 0 spiro atoms. The third-order valence-electron chi connectivity index (χ3n) is 7.66. The molecule has 4 aromatic carbocycles. The summed E-state index contributed by atoms with van der Waals surface area (Å²) in [5.74, 6) is -0.411. The van der Waals surface area contributed by atoms with Gasteiger partial charge >= 0.3 is 0 Å². The number of sulfonamides is 1. The number of para-hydroxylation sites is 2. The first-order valence-corrected chi connectivity index (χ1v) is 17.8. The van der Waals surface area contributed by atoms with E-state index in [1.54, 1.807) is 46.9 Å². The molecule has 45 heavy (non-hydrogen) atoms. The van der Waals surface area contributed by atoms with Gasteiger partial charge in [-0.1, -0.05) is 66.2 Å². The summed E-state index contributed by atoms with van der Waals surface area (Å²) in [7, 11) is -3.96. The molecule has 0 fully saturated rings. The molecule has 2 aromatic heterocycles. The number of aromatic nitrogens is 1. The van der Waals surface area contributed by atoms with Crippen molar-refractivity contribution in [2.24, 2.45) is 0 Å². The number of halogens is 1. The summed E-state index contributed by atoms with van der Waals surface area (Å²) in [5, 5.41) is 5.14. The van der Waals surface area contributed by atoms with Crippen molar-refractivity contribution in [1.29, 1.82) is 0 Å². The van der Waals surface area contributed by atoms with Crippen LogP contribution in [-0.2, 0) is 29.5 Å². The van der Waals surface area contributed by atoms with Crippen LogP contribution in [0.4, 0.5) is 10.7 Å². The van der Waals surface area contributed by atoms with Crippen LogP contribution in [0.5, 0.6) is 0 Å². The lowest BCUT2D eigenvalue weighted by molar-refractivity contribution is 0.102. The fraction of sp³-hybridized carbons (Fsp3) is 0.118. The van der Waals surface area contributed by atoms with Gasteiger partial charge in [-0.15, -0.1) is 22.7 Å². The lowest BCUT2D eigenvalue weighted by Gasteiger charge is -2.27. The normalized spacial score (nSPS) is 13.4. The summed E-state index contributed by atoms with van der Waals surface area (Å²) in [6.07, 6.45) is 0.831. The Hall–Kier alpha value is -4.06. The van der Waals surface area contributed by atoms with Gasteiger partial charge in [0.1, 0.15) is 10.0 Å². The number of amides is 1. The lowest BCUT2D eigenvalue weighted by atomic mass is 10.0. The van der Waals surface area contributed by atoms with E-state index in [2.05, 4.69) is 45.3 Å². The zero-order chi connectivity index (χ0) is 31.0. The average Bonchev–Trinajstić information content (AvgIpc) is 3.62. The number of hydrogen-bond donors (Lipinski definition) is 2. The van der Waals surface area contributed by atoms with Crippen LogP contribution in [0.1, 0.15) is 26.4 Å². The number of nitrogens with one attached hydrogen (secondary N) is 2. The second-order valence-corrected chi connectivity index (χ2v) is 15.0. The summed E-state index contributed by atoms with van der Waals surface area (Å²) in [6, 6.07) is 30.9. The van der Waals surface area contributed by atoms with E-state index in [4.69, 9.17) is 16.6 Å². The van der Waals surface area contributed by atoms with Crippen molar-refractivity contribution < 1.29 is 13.2 Å². The molecular formula is C34H27ClN4O3S3.